The molecular formula is C11H16N2O2. The second-order valence-electron chi connectivity index (χ2n) is 3.60. The highest BCUT2D eigenvalue weighted by molar-refractivity contribution is 5.69. The summed E-state index contributed by atoms with van der Waals surface area (Å²) in [6, 6.07) is 3.85. The number of carbonyl (C=O) groups is 1. The largest absolute Gasteiger partial charge is 0.481 e. The molecule has 4 nitrogen and oxygen atoms in total. The second kappa shape index (κ2) is 5.46. The average molecular weight is 208 g/mol. The molecular weight excluding hydrogens is 192 g/mol. The number of carboxylic acid groups (broad SMARTS) is 1. The highest BCUT2D eigenvalue weighted by Crippen LogP contribution is 2.20. The number of pyridine rings is 1. The molecule has 2 unspecified atom stereocenters. The van der Waals surface area contributed by atoms with Crippen LogP contribution in [0.3, 0.4) is 0 Å². The van der Waals surface area contributed by atoms with E-state index in [1.165, 1.54) is 0 Å². The van der Waals surface area contributed by atoms with Crippen molar-refractivity contribution in [2.24, 2.45) is 5.92 Å². The molecule has 0 radical (unpaired) electrons. The predicted octanol–water partition coefficient (Wildman–Crippen LogP) is 1.45. The highest BCUT2D eigenvalue weighted by atomic mass is 16.4. The second-order valence-corrected chi connectivity index (χ2v) is 3.60. The summed E-state index contributed by atoms with van der Waals surface area (Å²) in [7, 11) is 1.83. The number of hydrogen-bond acceptors (Lipinski definition) is 3. The van der Waals surface area contributed by atoms with Crippen molar-refractivity contribution in [2.75, 3.05) is 7.05 Å². The fourth-order valence-electron chi connectivity index (χ4n) is 1.46. The van der Waals surface area contributed by atoms with E-state index >= 15 is 0 Å². The summed E-state index contributed by atoms with van der Waals surface area (Å²) in [4.78, 5) is 14.8. The molecule has 0 aliphatic heterocycles. The topological polar surface area (TPSA) is 62.2 Å². The molecule has 4 heteroatoms. The Hall–Kier alpha value is -1.42. The number of rotatable bonds is 5. The van der Waals surface area contributed by atoms with Crippen molar-refractivity contribution < 1.29 is 9.90 Å². The van der Waals surface area contributed by atoms with Gasteiger partial charge in [-0.1, -0.05) is 13.0 Å². The van der Waals surface area contributed by atoms with Gasteiger partial charge in [0.1, 0.15) is 0 Å². The zero-order valence-electron chi connectivity index (χ0n) is 8.97. The van der Waals surface area contributed by atoms with Gasteiger partial charge in [0.2, 0.25) is 0 Å². The number of nitrogens with one attached hydrogen (secondary N) is 1. The first kappa shape index (κ1) is 11.7. The highest BCUT2D eigenvalue weighted by Gasteiger charge is 2.18. The predicted molar refractivity (Wildman–Crippen MR) is 57.5 cm³/mol. The minimum absolute atomic E-state index is 0.0461. The Morgan fingerprint density at radius 1 is 1.67 bits per heavy atom. The number of nitrogens with zero attached hydrogens (tertiary/aromatic N) is 1. The zero-order chi connectivity index (χ0) is 11.3. The lowest BCUT2D eigenvalue weighted by molar-refractivity contribution is -0.141. The molecule has 1 aromatic rings. The molecule has 0 aromatic carbocycles. The Morgan fingerprint density at radius 3 is 2.87 bits per heavy atom. The molecule has 2 atom stereocenters. The molecule has 1 heterocycles. The Labute approximate surface area is 89.3 Å². The molecule has 0 saturated heterocycles. The lowest BCUT2D eigenvalue weighted by atomic mass is 9.97. The fraction of sp³-hybridized carbons (Fsp3) is 0.455. The summed E-state index contributed by atoms with van der Waals surface area (Å²) in [6.07, 6.45) is 4.03. The van der Waals surface area contributed by atoms with Crippen molar-refractivity contribution in [3.8, 4) is 0 Å². The van der Waals surface area contributed by atoms with E-state index in [-0.39, 0.29) is 12.0 Å². The third-order valence-electron chi connectivity index (χ3n) is 2.45. The first-order valence-corrected chi connectivity index (χ1v) is 4.95. The van der Waals surface area contributed by atoms with Crippen LogP contribution in [0.4, 0.5) is 0 Å². The molecule has 0 fully saturated rings. The van der Waals surface area contributed by atoms with Crippen LogP contribution in [0, 0.1) is 5.92 Å². The Morgan fingerprint density at radius 2 is 2.40 bits per heavy atom. The van der Waals surface area contributed by atoms with Crippen molar-refractivity contribution in [3.05, 3.63) is 30.1 Å². The summed E-state index contributed by atoms with van der Waals surface area (Å²) >= 11 is 0. The van der Waals surface area contributed by atoms with Crippen molar-refractivity contribution in [3.63, 3.8) is 0 Å². The molecule has 2 N–H and O–H groups in total. The maximum atomic E-state index is 10.7. The smallest absolute Gasteiger partial charge is 0.306 e. The summed E-state index contributed by atoms with van der Waals surface area (Å²) in [5.74, 6) is -1.12. The standard InChI is InChI=1S/C11H16N2O2/c1-8(11(14)15)6-10(12-2)9-4-3-5-13-7-9/h3-5,7-8,10,12H,6H2,1-2H3,(H,14,15). The van der Waals surface area contributed by atoms with Gasteiger partial charge in [0.05, 0.1) is 5.92 Å². The van der Waals surface area contributed by atoms with Crippen molar-refractivity contribution >= 4 is 5.97 Å². The van der Waals surface area contributed by atoms with Gasteiger partial charge in [0.25, 0.3) is 0 Å². The van der Waals surface area contributed by atoms with E-state index in [1.807, 2.05) is 19.2 Å². The van der Waals surface area contributed by atoms with E-state index < -0.39 is 5.97 Å². The van der Waals surface area contributed by atoms with Crippen molar-refractivity contribution in [1.29, 1.82) is 0 Å². The molecule has 0 spiro atoms. The van der Waals surface area contributed by atoms with Crippen LogP contribution in [0.15, 0.2) is 24.5 Å². The minimum Gasteiger partial charge on any atom is -0.481 e. The molecule has 82 valence electrons. The number of hydrogen-bond donors (Lipinski definition) is 2. The summed E-state index contributed by atoms with van der Waals surface area (Å²) in [5.41, 5.74) is 1.02. The van der Waals surface area contributed by atoms with E-state index in [0.29, 0.717) is 6.42 Å². The summed E-state index contributed by atoms with van der Waals surface area (Å²) in [5, 5.41) is 11.9. The Bertz CT molecular complexity index is 314. The normalized spacial score (nSPS) is 14.5. The quantitative estimate of drug-likeness (QED) is 0.768. The lowest BCUT2D eigenvalue weighted by Crippen LogP contribution is -2.22. The van der Waals surface area contributed by atoms with Gasteiger partial charge in [-0.15, -0.1) is 0 Å². The average Bonchev–Trinajstić information content (AvgIpc) is 2.26. The van der Waals surface area contributed by atoms with Gasteiger partial charge in [-0.2, -0.15) is 0 Å². The van der Waals surface area contributed by atoms with Crippen LogP contribution in [-0.4, -0.2) is 23.1 Å². The third-order valence-corrected chi connectivity index (χ3v) is 2.45. The van der Waals surface area contributed by atoms with Crippen LogP contribution < -0.4 is 5.32 Å². The van der Waals surface area contributed by atoms with E-state index in [4.69, 9.17) is 5.11 Å². The Kier molecular flexibility index (Phi) is 4.24. The van der Waals surface area contributed by atoms with E-state index in [1.54, 1.807) is 19.3 Å². The number of carboxylic acids is 1. The maximum absolute atomic E-state index is 10.7. The van der Waals surface area contributed by atoms with Crippen LogP contribution >= 0.6 is 0 Å². The molecule has 0 aliphatic rings. The van der Waals surface area contributed by atoms with Crippen molar-refractivity contribution in [2.45, 2.75) is 19.4 Å². The van der Waals surface area contributed by atoms with Crippen LogP contribution in [0.5, 0.6) is 0 Å². The van der Waals surface area contributed by atoms with E-state index in [2.05, 4.69) is 10.3 Å². The minimum atomic E-state index is -0.765. The van der Waals surface area contributed by atoms with Gasteiger partial charge >= 0.3 is 5.97 Å². The number of aliphatic carboxylic acids is 1. The zero-order valence-corrected chi connectivity index (χ0v) is 8.97. The Balaban J connectivity index is 2.69. The number of aromatic nitrogens is 1. The third kappa shape index (κ3) is 3.32. The molecule has 0 saturated carbocycles. The van der Waals surface area contributed by atoms with Gasteiger partial charge in [-0.3, -0.25) is 9.78 Å². The first-order chi connectivity index (χ1) is 7.15. The van der Waals surface area contributed by atoms with E-state index in [9.17, 15) is 4.79 Å². The molecule has 1 aromatic heterocycles. The summed E-state index contributed by atoms with van der Waals surface area (Å²) in [6.45, 7) is 1.71. The van der Waals surface area contributed by atoms with Crippen LogP contribution in [-0.2, 0) is 4.79 Å². The maximum Gasteiger partial charge on any atom is 0.306 e. The lowest BCUT2D eigenvalue weighted by Gasteiger charge is -2.18. The first-order valence-electron chi connectivity index (χ1n) is 4.95. The monoisotopic (exact) mass is 208 g/mol. The molecule has 0 amide bonds. The van der Waals surface area contributed by atoms with Crippen LogP contribution in [0.1, 0.15) is 24.9 Å². The van der Waals surface area contributed by atoms with Gasteiger partial charge in [0.15, 0.2) is 0 Å². The molecule has 0 aliphatic carbocycles. The van der Waals surface area contributed by atoms with E-state index in [0.717, 1.165) is 5.56 Å². The van der Waals surface area contributed by atoms with Crippen molar-refractivity contribution in [1.82, 2.24) is 10.3 Å². The fourth-order valence-corrected chi connectivity index (χ4v) is 1.46. The van der Waals surface area contributed by atoms with Gasteiger partial charge < -0.3 is 10.4 Å². The molecule has 0 bridgehead atoms. The van der Waals surface area contributed by atoms with Crippen LogP contribution in [0.2, 0.25) is 0 Å². The molecule has 15 heavy (non-hydrogen) atoms. The SMILES string of the molecule is CNC(CC(C)C(=O)O)c1cccnc1. The van der Waals surface area contributed by atoms with Gasteiger partial charge in [-0.25, -0.2) is 0 Å². The summed E-state index contributed by atoms with van der Waals surface area (Å²) < 4.78 is 0. The molecule has 1 rings (SSSR count). The van der Waals surface area contributed by atoms with Gasteiger partial charge in [-0.05, 0) is 25.1 Å². The van der Waals surface area contributed by atoms with Crippen LogP contribution in [0.25, 0.3) is 0 Å². The van der Waals surface area contributed by atoms with Gasteiger partial charge in [0, 0.05) is 18.4 Å².